The summed E-state index contributed by atoms with van der Waals surface area (Å²) in [5.74, 6) is 1.42. The highest BCUT2D eigenvalue weighted by atomic mass is 16.5. The van der Waals surface area contributed by atoms with Gasteiger partial charge >= 0.3 is 0 Å². The zero-order valence-electron chi connectivity index (χ0n) is 20.7. The van der Waals surface area contributed by atoms with Crippen LogP contribution in [0.2, 0.25) is 0 Å². The molecule has 0 saturated heterocycles. The lowest BCUT2D eigenvalue weighted by Crippen LogP contribution is -2.19. The molecule has 0 bridgehead atoms. The molecule has 2 heterocycles. The maximum absolute atomic E-state index is 13.1. The Labute approximate surface area is 204 Å². The van der Waals surface area contributed by atoms with Gasteiger partial charge in [-0.1, -0.05) is 31.1 Å². The molecular formula is C26H31N3O6. The number of unbranched alkanes of at least 4 members (excludes halogenated alkanes) is 1. The van der Waals surface area contributed by atoms with E-state index in [1.54, 1.807) is 38.2 Å². The summed E-state index contributed by atoms with van der Waals surface area (Å²) in [6.45, 7) is 7.76. The second-order valence-corrected chi connectivity index (χ2v) is 7.93. The van der Waals surface area contributed by atoms with Crippen LogP contribution in [0.1, 0.15) is 42.5 Å². The first-order valence-corrected chi connectivity index (χ1v) is 11.3. The number of aryl methyl sites for hydroxylation is 2. The number of aliphatic imine (C=N–C) groups is 1. The van der Waals surface area contributed by atoms with Crippen molar-refractivity contribution < 1.29 is 23.8 Å². The van der Waals surface area contributed by atoms with E-state index in [2.05, 4.69) is 21.7 Å². The number of hydrogen-bond donors (Lipinski definition) is 2. The number of methoxy groups -OCH3 is 2. The van der Waals surface area contributed by atoms with Gasteiger partial charge in [0, 0.05) is 18.8 Å². The Hall–Kier alpha value is -4.01. The molecule has 0 aliphatic carbocycles. The molecule has 2 N–H and O–H groups in total. The average molecular weight is 482 g/mol. The van der Waals surface area contributed by atoms with Crippen LogP contribution in [-0.2, 0) is 17.6 Å². The van der Waals surface area contributed by atoms with Crippen molar-refractivity contribution >= 4 is 11.7 Å². The molecule has 1 aromatic carbocycles. The van der Waals surface area contributed by atoms with E-state index in [-0.39, 0.29) is 29.4 Å². The zero-order valence-corrected chi connectivity index (χ0v) is 20.7. The Kier molecular flexibility index (Phi) is 8.35. The SMILES string of the molecule is C=C(OC(Cc1cc(C)no1)=NC)c1c(O)c(-c2c(OC)cccc2OC)c(CCCC)[nH]c1=O. The fourth-order valence-electron chi connectivity index (χ4n) is 3.81. The molecule has 0 radical (unpaired) electrons. The number of aromatic hydroxyl groups is 1. The monoisotopic (exact) mass is 481 g/mol. The van der Waals surface area contributed by atoms with Gasteiger partial charge in [0.15, 0.2) is 5.90 Å². The molecule has 0 aliphatic rings. The summed E-state index contributed by atoms with van der Waals surface area (Å²) >= 11 is 0. The van der Waals surface area contributed by atoms with Crippen LogP contribution >= 0.6 is 0 Å². The zero-order chi connectivity index (χ0) is 25.5. The number of pyridine rings is 1. The van der Waals surface area contributed by atoms with Crippen molar-refractivity contribution in [3.05, 3.63) is 63.9 Å². The van der Waals surface area contributed by atoms with E-state index in [1.165, 1.54) is 14.2 Å². The molecule has 9 nitrogen and oxygen atoms in total. The topological polar surface area (TPSA) is 119 Å². The van der Waals surface area contributed by atoms with Crippen molar-refractivity contribution in [2.24, 2.45) is 4.99 Å². The van der Waals surface area contributed by atoms with Gasteiger partial charge < -0.3 is 28.8 Å². The normalized spacial score (nSPS) is 11.4. The lowest BCUT2D eigenvalue weighted by Gasteiger charge is -2.20. The Morgan fingerprint density at radius 3 is 2.46 bits per heavy atom. The van der Waals surface area contributed by atoms with E-state index < -0.39 is 5.56 Å². The highest BCUT2D eigenvalue weighted by molar-refractivity contribution is 5.89. The summed E-state index contributed by atoms with van der Waals surface area (Å²) in [6.07, 6.45) is 2.45. The van der Waals surface area contributed by atoms with Crippen molar-refractivity contribution in [3.8, 4) is 28.4 Å². The van der Waals surface area contributed by atoms with Crippen LogP contribution in [0.4, 0.5) is 0 Å². The lowest BCUT2D eigenvalue weighted by atomic mass is 9.95. The number of H-pyrrole nitrogens is 1. The van der Waals surface area contributed by atoms with E-state index in [4.69, 9.17) is 18.7 Å². The van der Waals surface area contributed by atoms with Crippen LogP contribution in [0, 0.1) is 6.92 Å². The van der Waals surface area contributed by atoms with Crippen molar-refractivity contribution in [3.63, 3.8) is 0 Å². The number of aromatic amines is 1. The molecule has 0 atom stereocenters. The Bertz CT molecular complexity index is 1270. The summed E-state index contributed by atoms with van der Waals surface area (Å²) in [4.78, 5) is 20.1. The van der Waals surface area contributed by atoms with E-state index in [1.807, 2.05) is 6.92 Å². The molecule has 0 amide bonds. The van der Waals surface area contributed by atoms with Crippen LogP contribution in [0.5, 0.6) is 17.2 Å². The highest BCUT2D eigenvalue weighted by Gasteiger charge is 2.26. The van der Waals surface area contributed by atoms with Gasteiger partial charge in [0.25, 0.3) is 5.56 Å². The average Bonchev–Trinajstić information content (AvgIpc) is 3.26. The van der Waals surface area contributed by atoms with Crippen molar-refractivity contribution in [1.82, 2.24) is 10.1 Å². The predicted molar refractivity (Wildman–Crippen MR) is 134 cm³/mol. The van der Waals surface area contributed by atoms with Crippen LogP contribution in [0.3, 0.4) is 0 Å². The van der Waals surface area contributed by atoms with Gasteiger partial charge in [0.2, 0.25) is 0 Å². The summed E-state index contributed by atoms with van der Waals surface area (Å²) in [5.41, 5.74) is 1.57. The smallest absolute Gasteiger partial charge is 0.263 e. The molecule has 0 saturated carbocycles. The second kappa shape index (κ2) is 11.4. The minimum absolute atomic E-state index is 0.0576. The third-order valence-electron chi connectivity index (χ3n) is 5.50. The highest BCUT2D eigenvalue weighted by Crippen LogP contribution is 2.45. The predicted octanol–water partition coefficient (Wildman–Crippen LogP) is 4.66. The molecular weight excluding hydrogens is 450 g/mol. The van der Waals surface area contributed by atoms with Gasteiger partial charge in [-0.05, 0) is 31.9 Å². The maximum Gasteiger partial charge on any atom is 0.263 e. The van der Waals surface area contributed by atoms with Gasteiger partial charge in [-0.25, -0.2) is 0 Å². The molecule has 35 heavy (non-hydrogen) atoms. The van der Waals surface area contributed by atoms with Gasteiger partial charge in [-0.3, -0.25) is 9.79 Å². The lowest BCUT2D eigenvalue weighted by molar-refractivity contribution is 0.381. The van der Waals surface area contributed by atoms with Crippen molar-refractivity contribution in [1.29, 1.82) is 0 Å². The number of nitrogens with one attached hydrogen (secondary N) is 1. The van der Waals surface area contributed by atoms with Gasteiger partial charge in [0.1, 0.15) is 34.3 Å². The number of aromatic nitrogens is 2. The fourth-order valence-corrected chi connectivity index (χ4v) is 3.81. The molecule has 0 aliphatic heterocycles. The third kappa shape index (κ3) is 5.56. The standard InChI is InChI=1S/C26H31N3O6/c1-7-8-10-18-23(24-19(32-5)11-9-12-20(24)33-6)25(30)22(26(31)28-18)16(3)34-21(27-4)14-17-13-15(2)29-35-17/h9,11-13H,3,7-8,10,14H2,1-2,4-6H3,(H2,28,30,31). The van der Waals surface area contributed by atoms with E-state index >= 15 is 0 Å². The first-order chi connectivity index (χ1) is 16.8. The second-order valence-electron chi connectivity index (χ2n) is 7.93. The molecule has 186 valence electrons. The number of rotatable bonds is 10. The number of benzene rings is 1. The third-order valence-corrected chi connectivity index (χ3v) is 5.50. The Morgan fingerprint density at radius 1 is 1.23 bits per heavy atom. The summed E-state index contributed by atoms with van der Waals surface area (Å²) < 4.78 is 22.2. The number of ether oxygens (including phenoxy) is 3. The molecule has 3 rings (SSSR count). The van der Waals surface area contributed by atoms with E-state index in [0.717, 1.165) is 18.5 Å². The molecule has 9 heteroatoms. The van der Waals surface area contributed by atoms with E-state index in [9.17, 15) is 9.90 Å². The molecule has 0 fully saturated rings. The summed E-state index contributed by atoms with van der Waals surface area (Å²) in [7, 11) is 4.62. The van der Waals surface area contributed by atoms with Crippen LogP contribution < -0.4 is 15.0 Å². The van der Waals surface area contributed by atoms with Gasteiger partial charge in [0.05, 0.1) is 37.5 Å². The van der Waals surface area contributed by atoms with Crippen LogP contribution in [0.25, 0.3) is 16.9 Å². The molecule has 0 spiro atoms. The van der Waals surface area contributed by atoms with Crippen molar-refractivity contribution in [2.75, 3.05) is 21.3 Å². The largest absolute Gasteiger partial charge is 0.506 e. The minimum atomic E-state index is -0.526. The molecule has 2 aromatic heterocycles. The first-order valence-electron chi connectivity index (χ1n) is 11.3. The maximum atomic E-state index is 13.1. The van der Waals surface area contributed by atoms with Gasteiger partial charge in [-0.15, -0.1) is 0 Å². The van der Waals surface area contributed by atoms with Crippen molar-refractivity contribution in [2.45, 2.75) is 39.5 Å². The van der Waals surface area contributed by atoms with Gasteiger partial charge in [-0.2, -0.15) is 0 Å². The number of nitrogens with zero attached hydrogens (tertiary/aromatic N) is 2. The van der Waals surface area contributed by atoms with Crippen LogP contribution in [0.15, 0.2) is 45.2 Å². The summed E-state index contributed by atoms with van der Waals surface area (Å²) in [6, 6.07) is 7.07. The quantitative estimate of drug-likeness (QED) is 0.245. The minimum Gasteiger partial charge on any atom is -0.506 e. The van der Waals surface area contributed by atoms with Crippen LogP contribution in [-0.4, -0.2) is 42.4 Å². The number of hydrogen-bond acceptors (Lipinski definition) is 8. The molecule has 0 unspecified atom stereocenters. The molecule has 3 aromatic rings. The van der Waals surface area contributed by atoms with E-state index in [0.29, 0.717) is 40.5 Å². The fraction of sp³-hybridized carbons (Fsp3) is 0.346. The summed E-state index contributed by atoms with van der Waals surface area (Å²) in [5, 5.41) is 15.3. The first kappa shape index (κ1) is 25.6. The Balaban J connectivity index is 2.12. The Morgan fingerprint density at radius 2 is 1.91 bits per heavy atom.